The Bertz CT molecular complexity index is 396. The third kappa shape index (κ3) is 12.8. The highest BCUT2D eigenvalue weighted by Gasteiger charge is 2.16. The number of alkyl carbamates (subject to hydrolysis) is 1. The molecule has 134 valence electrons. The van der Waals surface area contributed by atoms with Gasteiger partial charge in [-0.05, 0) is 27.2 Å². The zero-order valence-corrected chi connectivity index (χ0v) is 15.2. The highest BCUT2D eigenvalue weighted by atomic mass is 32.2. The van der Waals surface area contributed by atoms with E-state index in [0.717, 1.165) is 6.42 Å². The van der Waals surface area contributed by atoms with Crippen molar-refractivity contribution in [1.82, 2.24) is 10.2 Å². The van der Waals surface area contributed by atoms with Crippen molar-refractivity contribution in [3.8, 4) is 0 Å². The third-order valence-electron chi connectivity index (χ3n) is 2.58. The maximum absolute atomic E-state index is 12.0. The van der Waals surface area contributed by atoms with Crippen molar-refractivity contribution in [3.05, 3.63) is 0 Å². The largest absolute Gasteiger partial charge is 0.481 e. The molecule has 0 unspecified atom stereocenters. The van der Waals surface area contributed by atoms with Gasteiger partial charge in [-0.2, -0.15) is 11.8 Å². The Kier molecular flexibility index (Phi) is 10.5. The number of carbonyl (C=O) groups excluding carboxylic acids is 2. The van der Waals surface area contributed by atoms with E-state index in [-0.39, 0.29) is 24.6 Å². The number of amides is 2. The highest BCUT2D eigenvalue weighted by Crippen LogP contribution is 2.07. The number of thioether (sulfide) groups is 1. The molecule has 0 saturated heterocycles. The zero-order chi connectivity index (χ0) is 17.9. The van der Waals surface area contributed by atoms with Crippen LogP contribution in [0.1, 0.15) is 40.5 Å². The molecule has 2 N–H and O–H groups in total. The highest BCUT2D eigenvalue weighted by molar-refractivity contribution is 7.99. The van der Waals surface area contributed by atoms with Crippen LogP contribution >= 0.6 is 11.8 Å². The molecule has 0 radical (unpaired) electrons. The van der Waals surface area contributed by atoms with Crippen LogP contribution in [0.5, 0.6) is 0 Å². The van der Waals surface area contributed by atoms with Crippen LogP contribution in [0.2, 0.25) is 0 Å². The second-order valence-electron chi connectivity index (χ2n) is 6.01. The zero-order valence-electron chi connectivity index (χ0n) is 14.4. The van der Waals surface area contributed by atoms with Gasteiger partial charge in [0.15, 0.2) is 0 Å². The maximum Gasteiger partial charge on any atom is 0.407 e. The van der Waals surface area contributed by atoms with Crippen molar-refractivity contribution < 1.29 is 24.2 Å². The summed E-state index contributed by atoms with van der Waals surface area (Å²) in [7, 11) is 0. The first-order chi connectivity index (χ1) is 10.7. The normalized spacial score (nSPS) is 11.0. The molecular weight excluding hydrogens is 320 g/mol. The monoisotopic (exact) mass is 348 g/mol. The molecule has 2 amide bonds. The van der Waals surface area contributed by atoms with E-state index >= 15 is 0 Å². The lowest BCUT2D eigenvalue weighted by Crippen LogP contribution is -2.36. The Labute approximate surface area is 142 Å². The van der Waals surface area contributed by atoms with E-state index in [2.05, 4.69) is 5.32 Å². The lowest BCUT2D eigenvalue weighted by atomic mass is 10.2. The van der Waals surface area contributed by atoms with Gasteiger partial charge < -0.3 is 20.1 Å². The van der Waals surface area contributed by atoms with E-state index in [0.29, 0.717) is 18.8 Å². The minimum Gasteiger partial charge on any atom is -0.481 e. The fourth-order valence-corrected chi connectivity index (χ4v) is 2.40. The summed E-state index contributed by atoms with van der Waals surface area (Å²) < 4.78 is 5.10. The van der Waals surface area contributed by atoms with Crippen molar-refractivity contribution in [2.45, 2.75) is 46.1 Å². The lowest BCUT2D eigenvalue weighted by Gasteiger charge is -2.21. The van der Waals surface area contributed by atoms with Crippen LogP contribution in [-0.4, -0.2) is 64.7 Å². The van der Waals surface area contributed by atoms with Gasteiger partial charge in [0.2, 0.25) is 5.91 Å². The maximum atomic E-state index is 12.0. The standard InChI is InChI=1S/C15H28N2O5S/c1-5-8-17(9-6-13(19)20)12(18)11-23-10-7-16-14(21)22-15(2,3)4/h5-11H2,1-4H3,(H,16,21)(H,19,20). The SMILES string of the molecule is CCCN(CCC(=O)O)C(=O)CSCCNC(=O)OC(C)(C)C. The summed E-state index contributed by atoms with van der Waals surface area (Å²) in [6.07, 6.45) is 0.269. The van der Waals surface area contributed by atoms with Gasteiger partial charge in [-0.1, -0.05) is 6.92 Å². The number of nitrogens with zero attached hydrogens (tertiary/aromatic N) is 1. The summed E-state index contributed by atoms with van der Waals surface area (Å²) in [6, 6.07) is 0. The van der Waals surface area contributed by atoms with E-state index < -0.39 is 17.7 Å². The average Bonchev–Trinajstić information content (AvgIpc) is 2.40. The molecular formula is C15H28N2O5S. The second-order valence-corrected chi connectivity index (χ2v) is 7.11. The molecule has 8 heteroatoms. The minimum absolute atomic E-state index is 0.0450. The molecule has 0 heterocycles. The fraction of sp³-hybridized carbons (Fsp3) is 0.800. The number of carboxylic acid groups (broad SMARTS) is 1. The molecule has 0 aromatic heterocycles. The van der Waals surface area contributed by atoms with Crippen molar-refractivity contribution in [3.63, 3.8) is 0 Å². The molecule has 0 atom stereocenters. The molecule has 23 heavy (non-hydrogen) atoms. The van der Waals surface area contributed by atoms with Gasteiger partial charge in [0, 0.05) is 25.4 Å². The van der Waals surface area contributed by atoms with Crippen molar-refractivity contribution in [1.29, 1.82) is 0 Å². The molecule has 7 nitrogen and oxygen atoms in total. The first-order valence-electron chi connectivity index (χ1n) is 7.70. The molecule has 0 bridgehead atoms. The molecule has 0 fully saturated rings. The smallest absolute Gasteiger partial charge is 0.407 e. The van der Waals surface area contributed by atoms with Gasteiger partial charge in [-0.25, -0.2) is 4.79 Å². The predicted octanol–water partition coefficient (Wildman–Crippen LogP) is 1.96. The molecule has 0 spiro atoms. The van der Waals surface area contributed by atoms with Crippen LogP contribution in [0.4, 0.5) is 4.79 Å². The Morgan fingerprint density at radius 2 is 1.87 bits per heavy atom. The number of aliphatic carboxylic acids is 1. The van der Waals surface area contributed by atoms with Crippen LogP contribution < -0.4 is 5.32 Å². The van der Waals surface area contributed by atoms with Gasteiger partial charge in [0.1, 0.15) is 5.60 Å². The van der Waals surface area contributed by atoms with E-state index in [9.17, 15) is 14.4 Å². The van der Waals surface area contributed by atoms with Crippen LogP contribution in [0.15, 0.2) is 0 Å². The average molecular weight is 348 g/mol. The summed E-state index contributed by atoms with van der Waals surface area (Å²) in [5, 5.41) is 11.3. The van der Waals surface area contributed by atoms with Crippen molar-refractivity contribution in [2.75, 3.05) is 31.1 Å². The van der Waals surface area contributed by atoms with E-state index in [4.69, 9.17) is 9.84 Å². The predicted molar refractivity (Wildman–Crippen MR) is 90.7 cm³/mol. The van der Waals surface area contributed by atoms with Gasteiger partial charge in [-0.3, -0.25) is 9.59 Å². The number of hydrogen-bond donors (Lipinski definition) is 2. The number of hydrogen-bond acceptors (Lipinski definition) is 5. The van der Waals surface area contributed by atoms with Gasteiger partial charge in [0.05, 0.1) is 12.2 Å². The summed E-state index contributed by atoms with van der Waals surface area (Å²) in [6.45, 7) is 8.52. The molecule has 0 aromatic rings. The van der Waals surface area contributed by atoms with E-state index in [1.807, 2.05) is 6.92 Å². The topological polar surface area (TPSA) is 95.9 Å². The molecule has 0 rings (SSSR count). The Hall–Kier alpha value is -1.44. The third-order valence-corrected chi connectivity index (χ3v) is 3.53. The number of ether oxygens (including phenoxy) is 1. The first-order valence-corrected chi connectivity index (χ1v) is 8.85. The van der Waals surface area contributed by atoms with Gasteiger partial charge >= 0.3 is 12.1 Å². The minimum atomic E-state index is -0.909. The lowest BCUT2D eigenvalue weighted by molar-refractivity contribution is -0.138. The number of nitrogens with one attached hydrogen (secondary N) is 1. The van der Waals surface area contributed by atoms with Crippen LogP contribution in [0, 0.1) is 0 Å². The molecule has 0 aliphatic rings. The number of carbonyl (C=O) groups is 3. The van der Waals surface area contributed by atoms with E-state index in [1.54, 1.807) is 25.7 Å². The quantitative estimate of drug-likeness (QED) is 0.586. The summed E-state index contributed by atoms with van der Waals surface area (Å²) in [5.41, 5.74) is -0.530. The van der Waals surface area contributed by atoms with Crippen molar-refractivity contribution >= 4 is 29.7 Å². The molecule has 0 aliphatic carbocycles. The summed E-state index contributed by atoms with van der Waals surface area (Å²) in [4.78, 5) is 35.6. The Balaban J connectivity index is 3.94. The Morgan fingerprint density at radius 3 is 2.39 bits per heavy atom. The van der Waals surface area contributed by atoms with E-state index in [1.165, 1.54) is 11.8 Å². The Morgan fingerprint density at radius 1 is 1.22 bits per heavy atom. The number of rotatable bonds is 10. The van der Waals surface area contributed by atoms with Crippen LogP contribution in [0.3, 0.4) is 0 Å². The van der Waals surface area contributed by atoms with Gasteiger partial charge in [-0.15, -0.1) is 0 Å². The second kappa shape index (κ2) is 11.2. The summed E-state index contributed by atoms with van der Waals surface area (Å²) in [5.74, 6) is -0.122. The fourth-order valence-electron chi connectivity index (χ4n) is 1.65. The molecule has 0 aliphatic heterocycles. The number of carboxylic acids is 1. The molecule has 0 aromatic carbocycles. The van der Waals surface area contributed by atoms with Crippen molar-refractivity contribution in [2.24, 2.45) is 0 Å². The first kappa shape index (κ1) is 21.6. The van der Waals surface area contributed by atoms with Crippen LogP contribution in [-0.2, 0) is 14.3 Å². The molecule has 0 saturated carbocycles. The summed E-state index contributed by atoms with van der Waals surface area (Å²) >= 11 is 1.40. The van der Waals surface area contributed by atoms with Crippen LogP contribution in [0.25, 0.3) is 0 Å². The van der Waals surface area contributed by atoms with Gasteiger partial charge in [0.25, 0.3) is 0 Å².